The Labute approximate surface area is 58.2 Å². The topological polar surface area (TPSA) is 15.3 Å². The van der Waals surface area contributed by atoms with Crippen LogP contribution in [0, 0.1) is 0 Å². The highest BCUT2D eigenvalue weighted by atomic mass is 31.0. The number of hydrogen-bond acceptors (Lipinski definition) is 2. The average molecular weight is 144 g/mol. The van der Waals surface area contributed by atoms with E-state index in [9.17, 15) is 0 Å². The van der Waals surface area contributed by atoms with Crippen LogP contribution in [0.3, 0.4) is 0 Å². The van der Waals surface area contributed by atoms with E-state index in [1.807, 2.05) is 0 Å². The van der Waals surface area contributed by atoms with Crippen LogP contribution in [-0.4, -0.2) is 29.8 Å². The van der Waals surface area contributed by atoms with Gasteiger partial charge in [-0.15, -0.1) is 0 Å². The van der Waals surface area contributed by atoms with Crippen molar-refractivity contribution < 1.29 is 0 Å². The highest BCUT2D eigenvalue weighted by molar-refractivity contribution is 7.13. The van der Waals surface area contributed by atoms with Gasteiger partial charge in [0.1, 0.15) is 0 Å². The third-order valence-corrected chi connectivity index (χ3v) is 3.08. The molecule has 0 amide bonds. The zero-order valence-corrected chi connectivity index (χ0v) is 6.66. The van der Waals surface area contributed by atoms with Crippen LogP contribution in [0.25, 0.3) is 0 Å². The number of fused-ring (bicyclic) bond motifs is 2. The summed E-state index contributed by atoms with van der Waals surface area (Å²) in [6.45, 7) is 2.46. The Hall–Kier alpha value is 0.350. The second-order valence-corrected chi connectivity index (χ2v) is 3.68. The molecule has 0 saturated carbocycles. The van der Waals surface area contributed by atoms with Gasteiger partial charge >= 0.3 is 0 Å². The maximum atomic E-state index is 3.49. The van der Waals surface area contributed by atoms with Crippen LogP contribution in [0.1, 0.15) is 12.8 Å². The van der Waals surface area contributed by atoms with E-state index in [0.717, 1.165) is 12.1 Å². The second-order valence-electron chi connectivity index (χ2n) is 3.02. The van der Waals surface area contributed by atoms with Crippen LogP contribution in [0.2, 0.25) is 0 Å². The molecule has 3 unspecified atom stereocenters. The summed E-state index contributed by atoms with van der Waals surface area (Å²) in [4.78, 5) is 0. The molecule has 52 valence electrons. The Bertz CT molecular complexity index is 118. The van der Waals surface area contributed by atoms with Gasteiger partial charge in [0.25, 0.3) is 0 Å². The van der Waals surface area contributed by atoms with E-state index in [-0.39, 0.29) is 0 Å². The van der Waals surface area contributed by atoms with E-state index in [2.05, 4.69) is 19.4 Å². The molecule has 0 aromatic heterocycles. The first-order valence-corrected chi connectivity index (χ1v) is 4.12. The maximum absolute atomic E-state index is 3.49. The van der Waals surface area contributed by atoms with E-state index in [1.165, 1.54) is 25.9 Å². The molecule has 0 aromatic rings. The Morgan fingerprint density at radius 3 is 3.22 bits per heavy atom. The molecule has 0 spiro atoms. The Balaban J connectivity index is 2.05. The second kappa shape index (κ2) is 2.19. The fourth-order valence-corrected chi connectivity index (χ4v) is 2.13. The van der Waals surface area contributed by atoms with Crippen molar-refractivity contribution in [3.8, 4) is 0 Å². The van der Waals surface area contributed by atoms with E-state index >= 15 is 0 Å². The molecule has 2 rings (SSSR count). The van der Waals surface area contributed by atoms with Crippen LogP contribution in [0.4, 0.5) is 0 Å². The minimum absolute atomic E-state index is 0.814. The number of nitrogens with zero attached hydrogens (tertiary/aromatic N) is 1. The largest absolute Gasteiger partial charge is 0.312 e. The standard InChI is InChI=1S/C6H13N2P/c9-8-2-1-5-3-6(8)4-7-5/h5-7H,1-4,9H2. The van der Waals surface area contributed by atoms with Crippen LogP contribution in [-0.2, 0) is 0 Å². The molecule has 2 fully saturated rings. The number of nitrogens with one attached hydrogen (secondary N) is 1. The van der Waals surface area contributed by atoms with Crippen LogP contribution >= 0.6 is 9.39 Å². The minimum atomic E-state index is 0.814. The Morgan fingerprint density at radius 2 is 2.44 bits per heavy atom. The molecule has 2 aliphatic rings. The summed E-state index contributed by atoms with van der Waals surface area (Å²) < 4.78 is 2.39. The first kappa shape index (κ1) is 6.09. The smallest absolute Gasteiger partial charge is 0.0269 e. The molecule has 1 N–H and O–H groups in total. The number of piperidine rings is 1. The van der Waals surface area contributed by atoms with Gasteiger partial charge in [0.05, 0.1) is 0 Å². The molecule has 3 atom stereocenters. The lowest BCUT2D eigenvalue weighted by molar-refractivity contribution is 0.312. The third kappa shape index (κ3) is 1.000. The molecule has 2 nitrogen and oxygen atoms in total. The lowest BCUT2D eigenvalue weighted by Crippen LogP contribution is -2.32. The van der Waals surface area contributed by atoms with Gasteiger partial charge in [-0.05, 0) is 12.8 Å². The van der Waals surface area contributed by atoms with Gasteiger partial charge in [0.2, 0.25) is 0 Å². The molecular formula is C6H13N2P. The van der Waals surface area contributed by atoms with Crippen LogP contribution in [0.15, 0.2) is 0 Å². The first-order valence-electron chi connectivity index (χ1n) is 3.61. The van der Waals surface area contributed by atoms with Gasteiger partial charge in [-0.2, -0.15) is 0 Å². The minimum Gasteiger partial charge on any atom is -0.312 e. The molecule has 2 heterocycles. The Kier molecular flexibility index (Phi) is 1.48. The zero-order valence-electron chi connectivity index (χ0n) is 5.51. The van der Waals surface area contributed by atoms with Gasteiger partial charge in [0, 0.05) is 25.2 Å². The summed E-state index contributed by atoms with van der Waals surface area (Å²) >= 11 is 0. The van der Waals surface area contributed by atoms with E-state index in [0.29, 0.717) is 0 Å². The molecular weight excluding hydrogens is 131 g/mol. The first-order chi connectivity index (χ1) is 4.36. The van der Waals surface area contributed by atoms with Crippen molar-refractivity contribution in [2.75, 3.05) is 13.1 Å². The normalized spacial score (nSPS) is 43.7. The SMILES string of the molecule is PN1CCC2CC1CN2. The van der Waals surface area contributed by atoms with Crippen LogP contribution < -0.4 is 5.32 Å². The van der Waals surface area contributed by atoms with Crippen molar-refractivity contribution in [1.82, 2.24) is 9.99 Å². The monoisotopic (exact) mass is 144 g/mol. The maximum Gasteiger partial charge on any atom is 0.0269 e. The van der Waals surface area contributed by atoms with Crippen molar-refractivity contribution in [3.05, 3.63) is 0 Å². The highest BCUT2D eigenvalue weighted by Gasteiger charge is 2.31. The fourth-order valence-electron chi connectivity index (χ4n) is 1.76. The van der Waals surface area contributed by atoms with E-state index in [4.69, 9.17) is 0 Å². The summed E-state index contributed by atoms with van der Waals surface area (Å²) in [5, 5.41) is 3.49. The zero-order chi connectivity index (χ0) is 6.27. The van der Waals surface area contributed by atoms with Crippen molar-refractivity contribution in [1.29, 1.82) is 0 Å². The molecule has 0 aromatic carbocycles. The van der Waals surface area contributed by atoms with Crippen molar-refractivity contribution >= 4 is 9.39 Å². The molecule has 2 aliphatic heterocycles. The summed E-state index contributed by atoms with van der Waals surface area (Å²) in [5.74, 6) is 0. The molecule has 2 saturated heterocycles. The fraction of sp³-hybridized carbons (Fsp3) is 1.00. The van der Waals surface area contributed by atoms with Crippen molar-refractivity contribution in [3.63, 3.8) is 0 Å². The summed E-state index contributed by atoms with van der Waals surface area (Å²) in [6, 6.07) is 1.65. The molecule has 3 heteroatoms. The quantitative estimate of drug-likeness (QED) is 0.489. The number of hydrogen-bond donors (Lipinski definition) is 1. The lowest BCUT2D eigenvalue weighted by Gasteiger charge is -2.27. The summed E-state index contributed by atoms with van der Waals surface area (Å²) in [5.41, 5.74) is 0. The number of rotatable bonds is 0. The summed E-state index contributed by atoms with van der Waals surface area (Å²) in [7, 11) is 2.81. The summed E-state index contributed by atoms with van der Waals surface area (Å²) in [6.07, 6.45) is 2.70. The van der Waals surface area contributed by atoms with E-state index < -0.39 is 0 Å². The van der Waals surface area contributed by atoms with E-state index in [1.54, 1.807) is 0 Å². The van der Waals surface area contributed by atoms with Gasteiger partial charge in [-0.1, -0.05) is 9.39 Å². The molecule has 0 radical (unpaired) electrons. The third-order valence-electron chi connectivity index (χ3n) is 2.40. The lowest BCUT2D eigenvalue weighted by atomic mass is 10.1. The van der Waals surface area contributed by atoms with Crippen LogP contribution in [0.5, 0.6) is 0 Å². The van der Waals surface area contributed by atoms with Gasteiger partial charge in [-0.3, -0.25) is 4.67 Å². The predicted octanol–water partition coefficient (Wildman–Crippen LogP) is 0.213. The average Bonchev–Trinajstić information content (AvgIpc) is 2.25. The molecule has 2 bridgehead atoms. The molecule has 0 aliphatic carbocycles. The predicted molar refractivity (Wildman–Crippen MR) is 41.2 cm³/mol. The van der Waals surface area contributed by atoms with Gasteiger partial charge in [0.15, 0.2) is 0 Å². The van der Waals surface area contributed by atoms with Crippen molar-refractivity contribution in [2.24, 2.45) is 0 Å². The van der Waals surface area contributed by atoms with Gasteiger partial charge < -0.3 is 5.32 Å². The Morgan fingerprint density at radius 1 is 1.56 bits per heavy atom. The highest BCUT2D eigenvalue weighted by Crippen LogP contribution is 2.24. The van der Waals surface area contributed by atoms with Crippen molar-refractivity contribution in [2.45, 2.75) is 24.9 Å². The molecule has 9 heavy (non-hydrogen) atoms. The van der Waals surface area contributed by atoms with Gasteiger partial charge in [-0.25, -0.2) is 0 Å².